The van der Waals surface area contributed by atoms with Crippen LogP contribution in [0.1, 0.15) is 11.1 Å². The summed E-state index contributed by atoms with van der Waals surface area (Å²) in [5.41, 5.74) is 1.77. The van der Waals surface area contributed by atoms with Gasteiger partial charge in [-0.2, -0.15) is 0 Å². The van der Waals surface area contributed by atoms with Crippen LogP contribution in [0, 0.1) is 11.6 Å². The molecule has 0 radical (unpaired) electrons. The number of rotatable bonds is 5. The Bertz CT molecular complexity index is 644. The normalized spacial score (nSPS) is 10.2. The Balaban J connectivity index is 2.13. The number of carbonyl (C=O) groups excluding carboxylic acids is 1. The third kappa shape index (κ3) is 4.02. The number of nitrogens with one attached hydrogen (secondary N) is 2. The Labute approximate surface area is 122 Å². The first-order valence-corrected chi connectivity index (χ1v) is 6.56. The molecule has 0 aliphatic rings. The standard InChI is InChI=1S/C16H16F2N2O/c1-19-16(21)9-11-4-2-3-5-15(11)20-10-12-8-13(17)6-7-14(12)18/h2-8,20H,9-10H2,1H3,(H,19,21). The van der Waals surface area contributed by atoms with E-state index in [0.717, 1.165) is 29.4 Å². The van der Waals surface area contributed by atoms with Crippen molar-refractivity contribution in [1.82, 2.24) is 5.32 Å². The molecule has 0 aliphatic carbocycles. The molecular formula is C16H16F2N2O. The van der Waals surface area contributed by atoms with Crippen molar-refractivity contribution >= 4 is 11.6 Å². The predicted octanol–water partition coefficient (Wildman–Crippen LogP) is 2.87. The average Bonchev–Trinajstić information content (AvgIpc) is 2.49. The van der Waals surface area contributed by atoms with Crippen molar-refractivity contribution in [1.29, 1.82) is 0 Å². The lowest BCUT2D eigenvalue weighted by molar-refractivity contribution is -0.119. The van der Waals surface area contributed by atoms with Gasteiger partial charge in [-0.1, -0.05) is 18.2 Å². The van der Waals surface area contributed by atoms with Crippen LogP contribution < -0.4 is 10.6 Å². The number of hydrogen-bond donors (Lipinski definition) is 2. The molecule has 0 aromatic heterocycles. The van der Waals surface area contributed by atoms with Crippen LogP contribution in [0.3, 0.4) is 0 Å². The molecule has 110 valence electrons. The summed E-state index contributed by atoms with van der Waals surface area (Å²) in [6, 6.07) is 10.6. The number of para-hydroxylation sites is 1. The summed E-state index contributed by atoms with van der Waals surface area (Å²) in [6.07, 6.45) is 0.227. The van der Waals surface area contributed by atoms with Gasteiger partial charge in [0, 0.05) is 24.8 Å². The van der Waals surface area contributed by atoms with Crippen molar-refractivity contribution in [3.8, 4) is 0 Å². The quantitative estimate of drug-likeness (QED) is 0.889. The highest BCUT2D eigenvalue weighted by Crippen LogP contribution is 2.18. The average molecular weight is 290 g/mol. The monoisotopic (exact) mass is 290 g/mol. The van der Waals surface area contributed by atoms with Gasteiger partial charge in [0.05, 0.1) is 6.42 Å². The van der Waals surface area contributed by atoms with Crippen molar-refractivity contribution in [2.75, 3.05) is 12.4 Å². The molecular weight excluding hydrogens is 274 g/mol. The highest BCUT2D eigenvalue weighted by Gasteiger charge is 2.08. The van der Waals surface area contributed by atoms with E-state index in [4.69, 9.17) is 0 Å². The number of carbonyl (C=O) groups is 1. The molecule has 2 aromatic rings. The number of benzene rings is 2. The van der Waals surface area contributed by atoms with Crippen molar-refractivity contribution in [2.24, 2.45) is 0 Å². The van der Waals surface area contributed by atoms with Crippen molar-refractivity contribution in [3.63, 3.8) is 0 Å². The minimum Gasteiger partial charge on any atom is -0.381 e. The Morgan fingerprint density at radius 2 is 1.86 bits per heavy atom. The zero-order valence-electron chi connectivity index (χ0n) is 11.6. The molecule has 0 atom stereocenters. The second-order valence-corrected chi connectivity index (χ2v) is 4.60. The highest BCUT2D eigenvalue weighted by molar-refractivity contribution is 5.80. The van der Waals surface area contributed by atoms with Gasteiger partial charge in [-0.15, -0.1) is 0 Å². The van der Waals surface area contributed by atoms with E-state index in [1.807, 2.05) is 18.2 Å². The molecule has 2 N–H and O–H groups in total. The number of hydrogen-bond acceptors (Lipinski definition) is 2. The van der Waals surface area contributed by atoms with Gasteiger partial charge in [-0.05, 0) is 29.8 Å². The topological polar surface area (TPSA) is 41.1 Å². The number of amides is 1. The molecule has 2 aromatic carbocycles. The van der Waals surface area contributed by atoms with Crippen LogP contribution in [0.4, 0.5) is 14.5 Å². The minimum absolute atomic E-state index is 0.110. The lowest BCUT2D eigenvalue weighted by Gasteiger charge is -2.12. The molecule has 0 heterocycles. The largest absolute Gasteiger partial charge is 0.381 e. The van der Waals surface area contributed by atoms with E-state index in [-0.39, 0.29) is 24.4 Å². The van der Waals surface area contributed by atoms with Gasteiger partial charge in [0.1, 0.15) is 11.6 Å². The van der Waals surface area contributed by atoms with Crippen molar-refractivity contribution < 1.29 is 13.6 Å². The van der Waals surface area contributed by atoms with E-state index in [2.05, 4.69) is 10.6 Å². The third-order valence-electron chi connectivity index (χ3n) is 3.12. The van der Waals surface area contributed by atoms with Crippen LogP contribution in [0.25, 0.3) is 0 Å². The summed E-state index contributed by atoms with van der Waals surface area (Å²) in [7, 11) is 1.57. The Morgan fingerprint density at radius 1 is 1.10 bits per heavy atom. The molecule has 5 heteroatoms. The molecule has 0 unspecified atom stereocenters. The minimum atomic E-state index is -0.480. The van der Waals surface area contributed by atoms with Crippen LogP contribution in [-0.2, 0) is 17.8 Å². The molecule has 21 heavy (non-hydrogen) atoms. The van der Waals surface area contributed by atoms with Gasteiger partial charge in [-0.25, -0.2) is 8.78 Å². The fourth-order valence-electron chi connectivity index (χ4n) is 1.98. The number of likely N-dealkylation sites (N-methyl/N-ethyl adjacent to an activating group) is 1. The third-order valence-corrected chi connectivity index (χ3v) is 3.12. The number of halogens is 2. The molecule has 0 aliphatic heterocycles. The highest BCUT2D eigenvalue weighted by atomic mass is 19.1. The molecule has 0 fully saturated rings. The Morgan fingerprint density at radius 3 is 2.62 bits per heavy atom. The van der Waals surface area contributed by atoms with Gasteiger partial charge < -0.3 is 10.6 Å². The summed E-state index contributed by atoms with van der Waals surface area (Å²) < 4.78 is 26.7. The summed E-state index contributed by atoms with van der Waals surface area (Å²) in [4.78, 5) is 11.5. The van der Waals surface area contributed by atoms with E-state index >= 15 is 0 Å². The predicted molar refractivity (Wildman–Crippen MR) is 77.9 cm³/mol. The van der Waals surface area contributed by atoms with Crippen molar-refractivity contribution in [3.05, 3.63) is 65.2 Å². The molecule has 1 amide bonds. The van der Waals surface area contributed by atoms with E-state index in [1.54, 1.807) is 13.1 Å². The Kier molecular flexibility index (Phi) is 4.87. The molecule has 0 bridgehead atoms. The summed E-state index contributed by atoms with van der Waals surface area (Å²) in [5.74, 6) is -1.05. The maximum Gasteiger partial charge on any atom is 0.224 e. The fourth-order valence-corrected chi connectivity index (χ4v) is 1.98. The molecule has 2 rings (SSSR count). The van der Waals surface area contributed by atoms with E-state index in [0.29, 0.717) is 0 Å². The van der Waals surface area contributed by atoms with Gasteiger partial charge in [0.15, 0.2) is 0 Å². The van der Waals surface area contributed by atoms with E-state index in [9.17, 15) is 13.6 Å². The van der Waals surface area contributed by atoms with Gasteiger partial charge >= 0.3 is 0 Å². The van der Waals surface area contributed by atoms with Crippen LogP contribution in [-0.4, -0.2) is 13.0 Å². The maximum absolute atomic E-state index is 13.6. The molecule has 3 nitrogen and oxygen atoms in total. The van der Waals surface area contributed by atoms with Gasteiger partial charge in [0.2, 0.25) is 5.91 Å². The zero-order valence-corrected chi connectivity index (χ0v) is 11.6. The number of anilines is 1. The maximum atomic E-state index is 13.6. The molecule has 0 saturated heterocycles. The summed E-state index contributed by atoms with van der Waals surface area (Å²) in [6.45, 7) is 0.147. The van der Waals surface area contributed by atoms with Crippen LogP contribution in [0.15, 0.2) is 42.5 Å². The molecule has 0 spiro atoms. The van der Waals surface area contributed by atoms with E-state index in [1.165, 1.54) is 0 Å². The van der Waals surface area contributed by atoms with Crippen molar-refractivity contribution in [2.45, 2.75) is 13.0 Å². The van der Waals surface area contributed by atoms with E-state index < -0.39 is 11.6 Å². The second kappa shape index (κ2) is 6.83. The van der Waals surface area contributed by atoms with Crippen LogP contribution in [0.2, 0.25) is 0 Å². The first kappa shape index (κ1) is 15.0. The first-order chi connectivity index (χ1) is 10.1. The smallest absolute Gasteiger partial charge is 0.224 e. The lowest BCUT2D eigenvalue weighted by Crippen LogP contribution is -2.20. The first-order valence-electron chi connectivity index (χ1n) is 6.56. The lowest BCUT2D eigenvalue weighted by atomic mass is 10.1. The zero-order chi connectivity index (χ0) is 15.2. The Hall–Kier alpha value is -2.43. The van der Waals surface area contributed by atoms with Gasteiger partial charge in [-0.3, -0.25) is 4.79 Å². The van der Waals surface area contributed by atoms with Crippen LogP contribution in [0.5, 0.6) is 0 Å². The van der Waals surface area contributed by atoms with Gasteiger partial charge in [0.25, 0.3) is 0 Å². The summed E-state index contributed by atoms with van der Waals surface area (Å²) in [5, 5.41) is 5.60. The molecule has 0 saturated carbocycles. The SMILES string of the molecule is CNC(=O)Cc1ccccc1NCc1cc(F)ccc1F. The summed E-state index contributed by atoms with van der Waals surface area (Å²) >= 11 is 0. The van der Waals surface area contributed by atoms with Crippen LogP contribution >= 0.6 is 0 Å². The fraction of sp³-hybridized carbons (Fsp3) is 0.188. The second-order valence-electron chi connectivity index (χ2n) is 4.60.